The first kappa shape index (κ1) is 28.8. The third-order valence-electron chi connectivity index (χ3n) is 7.21. The maximum Gasteiger partial charge on any atom is 0.270 e. The monoisotopic (exact) mass is 570 g/mol. The Labute approximate surface area is 243 Å². The Morgan fingerprint density at radius 3 is 2.51 bits per heavy atom. The van der Waals surface area contributed by atoms with Crippen molar-refractivity contribution in [2.45, 2.75) is 64.4 Å². The van der Waals surface area contributed by atoms with Crippen molar-refractivity contribution in [1.29, 1.82) is 0 Å². The molecule has 0 unspecified atom stereocenters. The highest BCUT2D eigenvalue weighted by molar-refractivity contribution is 7.84. The minimum absolute atomic E-state index is 0.0503. The number of aromatic nitrogens is 2. The van der Waals surface area contributed by atoms with E-state index in [4.69, 9.17) is 4.98 Å². The zero-order chi connectivity index (χ0) is 29.1. The van der Waals surface area contributed by atoms with Crippen molar-refractivity contribution in [1.82, 2.24) is 19.6 Å². The van der Waals surface area contributed by atoms with Gasteiger partial charge in [0, 0.05) is 47.7 Å². The molecule has 0 bridgehead atoms. The van der Waals surface area contributed by atoms with Crippen LogP contribution in [-0.4, -0.2) is 29.1 Å². The molecule has 6 nitrogen and oxygen atoms in total. The quantitative estimate of drug-likeness (QED) is 0.248. The second-order valence-electron chi connectivity index (χ2n) is 11.3. The van der Waals surface area contributed by atoms with Gasteiger partial charge < -0.3 is 5.32 Å². The summed E-state index contributed by atoms with van der Waals surface area (Å²) >= 11 is 0. The van der Waals surface area contributed by atoms with Crippen molar-refractivity contribution in [2.75, 3.05) is 0 Å². The molecule has 0 aliphatic carbocycles. The first-order valence-corrected chi connectivity index (χ1v) is 15.0. The lowest BCUT2D eigenvalue weighted by molar-refractivity contribution is 0.0945. The number of amides is 1. The van der Waals surface area contributed by atoms with Gasteiger partial charge in [0.1, 0.15) is 22.5 Å². The zero-order valence-corrected chi connectivity index (χ0v) is 24.7. The summed E-state index contributed by atoms with van der Waals surface area (Å²) in [6.45, 7) is 8.56. The number of carbonyl (C=O) groups is 1. The number of carbonyl (C=O) groups excluding carboxylic acids is 1. The van der Waals surface area contributed by atoms with Crippen LogP contribution in [0.5, 0.6) is 0 Å². The molecule has 0 saturated heterocycles. The van der Waals surface area contributed by atoms with Gasteiger partial charge in [0.15, 0.2) is 0 Å². The Morgan fingerprint density at radius 1 is 1.05 bits per heavy atom. The van der Waals surface area contributed by atoms with E-state index in [0.717, 1.165) is 40.7 Å². The Bertz CT molecular complexity index is 1590. The molecule has 4 aromatic rings. The van der Waals surface area contributed by atoms with Gasteiger partial charge in [0.25, 0.3) is 5.91 Å². The predicted molar refractivity (Wildman–Crippen MR) is 162 cm³/mol. The van der Waals surface area contributed by atoms with Crippen LogP contribution in [-0.2, 0) is 24.1 Å². The summed E-state index contributed by atoms with van der Waals surface area (Å²) < 4.78 is 29.5. The third kappa shape index (κ3) is 6.14. The molecule has 5 rings (SSSR count). The summed E-state index contributed by atoms with van der Waals surface area (Å²) in [6, 6.07) is 20.1. The Balaban J connectivity index is 1.60. The molecule has 41 heavy (non-hydrogen) atoms. The molecule has 0 fully saturated rings. The largest absolute Gasteiger partial charge is 0.347 e. The van der Waals surface area contributed by atoms with Crippen molar-refractivity contribution < 1.29 is 13.4 Å². The number of benzene rings is 2. The van der Waals surface area contributed by atoms with E-state index < -0.39 is 15.7 Å². The van der Waals surface area contributed by atoms with E-state index >= 15 is 0 Å². The molecule has 212 valence electrons. The fraction of sp³-hybridized carbons (Fsp3) is 0.303. The van der Waals surface area contributed by atoms with Crippen LogP contribution in [0.15, 0.2) is 79.1 Å². The molecule has 2 aromatic carbocycles. The second-order valence-corrected chi connectivity index (χ2v) is 13.5. The highest BCUT2D eigenvalue weighted by Gasteiger charge is 2.40. The summed E-state index contributed by atoms with van der Waals surface area (Å²) in [5.41, 5.74) is 6.15. The predicted octanol–water partition coefficient (Wildman–Crippen LogP) is 7.00. The maximum absolute atomic E-state index is 14.2. The molecule has 0 saturated carbocycles. The molecule has 3 heterocycles. The van der Waals surface area contributed by atoms with E-state index in [1.54, 1.807) is 24.4 Å². The number of nitrogens with zero attached hydrogens (tertiary/aromatic N) is 3. The minimum atomic E-state index is -1.26. The van der Waals surface area contributed by atoms with E-state index in [0.29, 0.717) is 17.8 Å². The smallest absolute Gasteiger partial charge is 0.270 e. The number of pyridine rings is 2. The summed E-state index contributed by atoms with van der Waals surface area (Å²) in [6.07, 6.45) is 5.27. The van der Waals surface area contributed by atoms with Crippen LogP contribution in [0.1, 0.15) is 73.8 Å². The number of hydrogen-bond donors (Lipinski definition) is 1. The summed E-state index contributed by atoms with van der Waals surface area (Å²) in [7, 11) is -1.26. The lowest BCUT2D eigenvalue weighted by Gasteiger charge is -2.30. The Morgan fingerprint density at radius 2 is 1.80 bits per heavy atom. The molecule has 1 aliphatic heterocycles. The van der Waals surface area contributed by atoms with Gasteiger partial charge in [-0.3, -0.25) is 9.78 Å². The minimum Gasteiger partial charge on any atom is -0.347 e. The lowest BCUT2D eigenvalue weighted by Crippen LogP contribution is -2.36. The average Bonchev–Trinajstić information content (AvgIpc) is 3.34. The van der Waals surface area contributed by atoms with E-state index in [9.17, 15) is 13.4 Å². The van der Waals surface area contributed by atoms with Gasteiger partial charge in [0.2, 0.25) is 0 Å². The lowest BCUT2D eigenvalue weighted by atomic mass is 9.93. The SMILES string of the molecule is CCC[C@@H]1c2c(cc(C(=O)NCc3ccccc3F)nc2-c2cccc(-c3cccnc3)c2)CN1[S@](=O)C(C)(C)C. The second kappa shape index (κ2) is 12.0. The number of nitrogens with one attached hydrogen (secondary N) is 1. The molecule has 0 radical (unpaired) electrons. The van der Waals surface area contributed by atoms with Crippen molar-refractivity contribution in [3.05, 3.63) is 107 Å². The van der Waals surface area contributed by atoms with Crippen LogP contribution in [0.2, 0.25) is 0 Å². The van der Waals surface area contributed by atoms with Gasteiger partial charge >= 0.3 is 0 Å². The molecule has 2 aromatic heterocycles. The van der Waals surface area contributed by atoms with Crippen LogP contribution in [0.25, 0.3) is 22.4 Å². The standard InChI is InChI=1S/C33H35FN4O2S/c1-5-10-29-30-26(21-38(29)41(40)33(2,3)4)18-28(32(39)36-20-25-11-6-7-15-27(25)34)37-31(30)23-13-8-12-22(17-23)24-14-9-16-35-19-24/h6-9,11-19,29H,5,10,20-21H2,1-4H3,(H,36,39)/t29-,41-/m1/s1. The number of rotatable bonds is 8. The van der Waals surface area contributed by atoms with E-state index in [2.05, 4.69) is 23.3 Å². The number of halogens is 1. The van der Waals surface area contributed by atoms with Gasteiger partial charge in [-0.05, 0) is 62.6 Å². The summed E-state index contributed by atoms with van der Waals surface area (Å²) in [4.78, 5) is 22.6. The third-order valence-corrected chi connectivity index (χ3v) is 9.07. The van der Waals surface area contributed by atoms with E-state index in [1.165, 1.54) is 6.07 Å². The van der Waals surface area contributed by atoms with Crippen molar-refractivity contribution in [3.8, 4) is 22.4 Å². The Kier molecular flexibility index (Phi) is 8.42. The van der Waals surface area contributed by atoms with Gasteiger partial charge in [-0.2, -0.15) is 0 Å². The van der Waals surface area contributed by atoms with Crippen molar-refractivity contribution in [3.63, 3.8) is 0 Å². The maximum atomic E-state index is 14.2. The van der Waals surface area contributed by atoms with Gasteiger partial charge in [-0.1, -0.05) is 55.8 Å². The normalized spacial score (nSPS) is 15.9. The van der Waals surface area contributed by atoms with Crippen LogP contribution >= 0.6 is 0 Å². The number of hydrogen-bond acceptors (Lipinski definition) is 4. The molecule has 8 heteroatoms. The molecule has 1 aliphatic rings. The van der Waals surface area contributed by atoms with Crippen LogP contribution in [0, 0.1) is 5.82 Å². The van der Waals surface area contributed by atoms with E-state index in [1.807, 2.05) is 67.7 Å². The van der Waals surface area contributed by atoms with Gasteiger partial charge in [0.05, 0.1) is 16.5 Å². The fourth-order valence-electron chi connectivity index (χ4n) is 5.24. The molecular formula is C33H35FN4O2S. The highest BCUT2D eigenvalue weighted by atomic mass is 32.2. The zero-order valence-electron chi connectivity index (χ0n) is 23.9. The van der Waals surface area contributed by atoms with Crippen LogP contribution in [0.3, 0.4) is 0 Å². The first-order valence-electron chi connectivity index (χ1n) is 13.9. The summed E-state index contributed by atoms with van der Waals surface area (Å²) in [5, 5.41) is 2.83. The fourth-order valence-corrected chi connectivity index (χ4v) is 6.65. The van der Waals surface area contributed by atoms with Crippen molar-refractivity contribution in [2.24, 2.45) is 0 Å². The summed E-state index contributed by atoms with van der Waals surface area (Å²) in [5.74, 6) is -0.756. The molecular weight excluding hydrogens is 535 g/mol. The molecule has 0 spiro atoms. The topological polar surface area (TPSA) is 75.2 Å². The molecule has 1 amide bonds. The highest BCUT2D eigenvalue weighted by Crippen LogP contribution is 2.44. The van der Waals surface area contributed by atoms with Crippen LogP contribution in [0.4, 0.5) is 4.39 Å². The first-order chi connectivity index (χ1) is 19.7. The number of fused-ring (bicyclic) bond motifs is 1. The van der Waals surface area contributed by atoms with E-state index in [-0.39, 0.29) is 30.0 Å². The molecule has 1 N–H and O–H groups in total. The van der Waals surface area contributed by atoms with Crippen LogP contribution < -0.4 is 5.32 Å². The van der Waals surface area contributed by atoms with Gasteiger partial charge in [-0.15, -0.1) is 0 Å². The Hall–Kier alpha value is -3.75. The average molecular weight is 571 g/mol. The van der Waals surface area contributed by atoms with Crippen molar-refractivity contribution >= 4 is 16.9 Å². The van der Waals surface area contributed by atoms with Gasteiger partial charge in [-0.25, -0.2) is 17.9 Å². The molecule has 2 atom stereocenters.